The Hall–Kier alpha value is -3.20. The predicted octanol–water partition coefficient (Wildman–Crippen LogP) is 1.77. The van der Waals surface area contributed by atoms with Crippen molar-refractivity contribution in [1.82, 2.24) is 14.9 Å². The fourth-order valence-electron chi connectivity index (χ4n) is 2.10. The van der Waals surface area contributed by atoms with Crippen molar-refractivity contribution in [3.8, 4) is 0 Å². The first-order valence-electron chi connectivity index (χ1n) is 7.29. The molecule has 0 aliphatic carbocycles. The molecule has 0 radical (unpaired) electrons. The summed E-state index contributed by atoms with van der Waals surface area (Å²) in [6, 6.07) is 12.7. The summed E-state index contributed by atoms with van der Waals surface area (Å²) < 4.78 is 28.6. The SMILES string of the molecule is Cc1ccc(S(=O)(=O)Nc2cccc(C(=O)Nn3cnnc3)c2)cc1. The van der Waals surface area contributed by atoms with Gasteiger partial charge in [-0.05, 0) is 37.3 Å². The fourth-order valence-corrected chi connectivity index (χ4v) is 3.15. The third-order valence-electron chi connectivity index (χ3n) is 3.36. The van der Waals surface area contributed by atoms with Gasteiger partial charge in [-0.15, -0.1) is 10.2 Å². The van der Waals surface area contributed by atoms with Crippen LogP contribution in [-0.4, -0.2) is 29.2 Å². The lowest BCUT2D eigenvalue weighted by Gasteiger charge is -2.10. The highest BCUT2D eigenvalue weighted by molar-refractivity contribution is 7.92. The van der Waals surface area contributed by atoms with Crippen LogP contribution in [0.4, 0.5) is 5.69 Å². The molecule has 1 heterocycles. The number of benzene rings is 2. The maximum atomic E-state index is 12.4. The van der Waals surface area contributed by atoms with Crippen LogP contribution in [-0.2, 0) is 10.0 Å². The summed E-state index contributed by atoms with van der Waals surface area (Å²) in [6.45, 7) is 1.88. The molecule has 0 saturated carbocycles. The van der Waals surface area contributed by atoms with Crippen molar-refractivity contribution in [2.45, 2.75) is 11.8 Å². The van der Waals surface area contributed by atoms with E-state index < -0.39 is 15.9 Å². The van der Waals surface area contributed by atoms with Gasteiger partial charge in [-0.2, -0.15) is 0 Å². The Morgan fingerprint density at radius 3 is 2.40 bits per heavy atom. The zero-order valence-corrected chi connectivity index (χ0v) is 14.1. The first-order chi connectivity index (χ1) is 11.9. The average Bonchev–Trinajstić information content (AvgIpc) is 3.08. The zero-order valence-electron chi connectivity index (χ0n) is 13.2. The third-order valence-corrected chi connectivity index (χ3v) is 4.75. The highest BCUT2D eigenvalue weighted by Gasteiger charge is 2.15. The van der Waals surface area contributed by atoms with Crippen LogP contribution in [0.2, 0.25) is 0 Å². The largest absolute Gasteiger partial charge is 0.280 e. The molecule has 128 valence electrons. The molecule has 25 heavy (non-hydrogen) atoms. The van der Waals surface area contributed by atoms with E-state index in [0.717, 1.165) is 5.56 Å². The number of aromatic nitrogens is 3. The quantitative estimate of drug-likeness (QED) is 0.724. The topological polar surface area (TPSA) is 106 Å². The highest BCUT2D eigenvalue weighted by Crippen LogP contribution is 2.18. The number of nitrogens with one attached hydrogen (secondary N) is 2. The molecule has 0 aliphatic heterocycles. The first kappa shape index (κ1) is 16.7. The number of amides is 1. The molecular weight excluding hydrogens is 342 g/mol. The molecule has 8 nitrogen and oxygen atoms in total. The lowest BCUT2D eigenvalue weighted by molar-refractivity contribution is 0.101. The second-order valence-electron chi connectivity index (χ2n) is 5.31. The molecule has 2 N–H and O–H groups in total. The summed E-state index contributed by atoms with van der Waals surface area (Å²) in [6.07, 6.45) is 2.67. The highest BCUT2D eigenvalue weighted by atomic mass is 32.2. The Balaban J connectivity index is 1.79. The molecule has 0 aliphatic rings. The van der Waals surface area contributed by atoms with E-state index >= 15 is 0 Å². The van der Waals surface area contributed by atoms with E-state index in [-0.39, 0.29) is 16.1 Å². The van der Waals surface area contributed by atoms with E-state index in [9.17, 15) is 13.2 Å². The van der Waals surface area contributed by atoms with Crippen LogP contribution in [0.5, 0.6) is 0 Å². The van der Waals surface area contributed by atoms with Crippen molar-refractivity contribution in [3.05, 3.63) is 72.3 Å². The van der Waals surface area contributed by atoms with Crippen molar-refractivity contribution in [2.75, 3.05) is 10.1 Å². The predicted molar refractivity (Wildman–Crippen MR) is 92.1 cm³/mol. The zero-order chi connectivity index (χ0) is 17.9. The molecule has 1 aromatic heterocycles. The summed E-state index contributed by atoms with van der Waals surface area (Å²) >= 11 is 0. The van der Waals surface area contributed by atoms with Crippen LogP contribution >= 0.6 is 0 Å². The molecule has 3 rings (SSSR count). The van der Waals surface area contributed by atoms with Crippen LogP contribution in [0, 0.1) is 6.92 Å². The molecule has 0 bridgehead atoms. The number of anilines is 1. The Morgan fingerprint density at radius 1 is 1.04 bits per heavy atom. The number of carbonyl (C=O) groups is 1. The molecule has 0 spiro atoms. The van der Waals surface area contributed by atoms with Crippen LogP contribution in [0.3, 0.4) is 0 Å². The smallest absolute Gasteiger partial charge is 0.270 e. The minimum absolute atomic E-state index is 0.150. The van der Waals surface area contributed by atoms with Crippen molar-refractivity contribution in [1.29, 1.82) is 0 Å². The minimum Gasteiger partial charge on any atom is -0.280 e. The third kappa shape index (κ3) is 4.01. The number of hydrogen-bond acceptors (Lipinski definition) is 5. The van der Waals surface area contributed by atoms with Crippen LogP contribution in [0.15, 0.2) is 66.1 Å². The standard InChI is InChI=1S/C16H15N5O3S/c1-12-5-7-15(8-6-12)25(23,24)20-14-4-2-3-13(9-14)16(22)19-21-10-17-18-11-21/h2-11,20H,1H3,(H,19,22). The number of nitrogens with zero attached hydrogens (tertiary/aromatic N) is 3. The summed E-state index contributed by atoms with van der Waals surface area (Å²) in [4.78, 5) is 12.3. The molecule has 0 fully saturated rings. The van der Waals surface area contributed by atoms with Gasteiger partial charge in [0.05, 0.1) is 4.90 Å². The van der Waals surface area contributed by atoms with E-state index in [2.05, 4.69) is 20.3 Å². The van der Waals surface area contributed by atoms with Gasteiger partial charge in [-0.3, -0.25) is 14.9 Å². The maximum absolute atomic E-state index is 12.4. The maximum Gasteiger partial charge on any atom is 0.270 e. The second-order valence-corrected chi connectivity index (χ2v) is 6.99. The summed E-state index contributed by atoms with van der Waals surface area (Å²) in [5, 5.41) is 7.16. The number of hydrogen-bond donors (Lipinski definition) is 2. The molecule has 2 aromatic carbocycles. The van der Waals surface area contributed by atoms with Gasteiger partial charge in [0, 0.05) is 11.3 Å². The lowest BCUT2D eigenvalue weighted by atomic mass is 10.2. The van der Waals surface area contributed by atoms with E-state index in [1.165, 1.54) is 35.5 Å². The van der Waals surface area contributed by atoms with Crippen molar-refractivity contribution in [3.63, 3.8) is 0 Å². The molecular formula is C16H15N5O3S. The summed E-state index contributed by atoms with van der Waals surface area (Å²) in [7, 11) is -3.73. The van der Waals surface area contributed by atoms with E-state index in [1.807, 2.05) is 6.92 Å². The summed E-state index contributed by atoms with van der Waals surface area (Å²) in [5.41, 5.74) is 4.08. The molecule has 0 unspecified atom stereocenters. The van der Waals surface area contributed by atoms with E-state index in [0.29, 0.717) is 0 Å². The molecule has 1 amide bonds. The van der Waals surface area contributed by atoms with Gasteiger partial charge in [0.1, 0.15) is 12.7 Å². The Bertz CT molecular complexity index is 983. The Labute approximate surface area is 144 Å². The Morgan fingerprint density at radius 2 is 1.72 bits per heavy atom. The normalized spacial score (nSPS) is 11.1. The molecule has 9 heteroatoms. The van der Waals surface area contributed by atoms with Gasteiger partial charge in [-0.1, -0.05) is 23.8 Å². The Kier molecular flexibility index (Phi) is 4.48. The van der Waals surface area contributed by atoms with Crippen molar-refractivity contribution >= 4 is 21.6 Å². The van der Waals surface area contributed by atoms with Gasteiger partial charge in [0.15, 0.2) is 0 Å². The summed E-state index contributed by atoms with van der Waals surface area (Å²) in [5.74, 6) is -0.420. The molecule has 0 saturated heterocycles. The van der Waals surface area contributed by atoms with Crippen LogP contribution in [0.1, 0.15) is 15.9 Å². The van der Waals surface area contributed by atoms with E-state index in [4.69, 9.17) is 0 Å². The van der Waals surface area contributed by atoms with E-state index in [1.54, 1.807) is 30.3 Å². The number of rotatable bonds is 5. The number of aryl methyl sites for hydroxylation is 1. The number of sulfonamides is 1. The van der Waals surface area contributed by atoms with Gasteiger partial charge in [0.25, 0.3) is 15.9 Å². The lowest BCUT2D eigenvalue weighted by Crippen LogP contribution is -2.21. The van der Waals surface area contributed by atoms with Gasteiger partial charge >= 0.3 is 0 Å². The van der Waals surface area contributed by atoms with Crippen molar-refractivity contribution < 1.29 is 13.2 Å². The second kappa shape index (κ2) is 6.73. The van der Waals surface area contributed by atoms with Gasteiger partial charge in [-0.25, -0.2) is 13.1 Å². The monoisotopic (exact) mass is 357 g/mol. The number of carbonyl (C=O) groups excluding carboxylic acids is 1. The van der Waals surface area contributed by atoms with Crippen LogP contribution < -0.4 is 10.1 Å². The minimum atomic E-state index is -3.73. The van der Waals surface area contributed by atoms with Gasteiger partial charge < -0.3 is 0 Å². The fraction of sp³-hybridized carbons (Fsp3) is 0.0625. The molecule has 3 aromatic rings. The average molecular weight is 357 g/mol. The van der Waals surface area contributed by atoms with Crippen LogP contribution in [0.25, 0.3) is 0 Å². The van der Waals surface area contributed by atoms with Crippen molar-refractivity contribution in [2.24, 2.45) is 0 Å². The van der Waals surface area contributed by atoms with Gasteiger partial charge in [0.2, 0.25) is 0 Å². The molecule has 0 atom stereocenters. The first-order valence-corrected chi connectivity index (χ1v) is 8.78.